The first kappa shape index (κ1) is 23.5. The summed E-state index contributed by atoms with van der Waals surface area (Å²) in [6.07, 6.45) is 2.78. The molecule has 0 unspecified atom stereocenters. The lowest BCUT2D eigenvalue weighted by atomic mass is 10.0. The Morgan fingerprint density at radius 1 is 1.08 bits per heavy atom. The van der Waals surface area contributed by atoms with E-state index in [0.29, 0.717) is 33.8 Å². The van der Waals surface area contributed by atoms with Gasteiger partial charge >= 0.3 is 0 Å². The summed E-state index contributed by atoms with van der Waals surface area (Å²) in [6, 6.07) is 17.4. The van der Waals surface area contributed by atoms with Crippen LogP contribution in [-0.2, 0) is 0 Å². The molecule has 1 saturated heterocycles. The number of aromatic nitrogens is 2. The van der Waals surface area contributed by atoms with Crippen LogP contribution in [0.15, 0.2) is 59.1 Å². The zero-order valence-electron chi connectivity index (χ0n) is 21.2. The van der Waals surface area contributed by atoms with Crippen molar-refractivity contribution in [3.05, 3.63) is 65.9 Å². The molecule has 37 heavy (non-hydrogen) atoms. The van der Waals surface area contributed by atoms with Crippen molar-refractivity contribution in [1.82, 2.24) is 15.0 Å². The Bertz CT molecular complexity index is 1440. The molecule has 2 fully saturated rings. The number of rotatable bonds is 7. The monoisotopic (exact) mass is 497 g/mol. The third-order valence-electron chi connectivity index (χ3n) is 7.30. The van der Waals surface area contributed by atoms with E-state index < -0.39 is 0 Å². The molecule has 3 heterocycles. The smallest absolute Gasteiger partial charge is 0.259 e. The molecule has 2 aliphatic rings. The van der Waals surface area contributed by atoms with Crippen molar-refractivity contribution < 1.29 is 14.1 Å². The number of pyridine rings is 1. The van der Waals surface area contributed by atoms with Crippen LogP contribution in [0.1, 0.15) is 28.9 Å². The number of nitrogens with one attached hydrogen (secondary N) is 1. The Hall–Kier alpha value is -3.91. The summed E-state index contributed by atoms with van der Waals surface area (Å²) in [6.45, 7) is 7.22. The minimum atomic E-state index is -0.235. The van der Waals surface area contributed by atoms with E-state index in [1.165, 1.54) is 19.4 Å². The topological polar surface area (TPSA) is 83.7 Å². The predicted molar refractivity (Wildman–Crippen MR) is 144 cm³/mol. The van der Waals surface area contributed by atoms with Gasteiger partial charge in [0.25, 0.3) is 11.6 Å². The van der Waals surface area contributed by atoms with Crippen LogP contribution in [-0.4, -0.2) is 60.8 Å². The van der Waals surface area contributed by atoms with E-state index >= 15 is 0 Å². The Kier molecular flexibility index (Phi) is 6.26. The molecule has 1 N–H and O–H groups in total. The summed E-state index contributed by atoms with van der Waals surface area (Å²) in [4.78, 5) is 23.2. The van der Waals surface area contributed by atoms with Crippen LogP contribution in [0, 0.1) is 12.8 Å². The van der Waals surface area contributed by atoms with E-state index in [2.05, 4.69) is 37.4 Å². The quantitative estimate of drug-likeness (QED) is 0.385. The number of fused-ring (bicyclic) bond motifs is 1. The van der Waals surface area contributed by atoms with Crippen molar-refractivity contribution in [1.29, 1.82) is 0 Å². The first-order valence-corrected chi connectivity index (χ1v) is 12.9. The number of nitrogens with zero attached hydrogens (tertiary/aromatic N) is 4. The summed E-state index contributed by atoms with van der Waals surface area (Å²) in [7, 11) is 1.61. The van der Waals surface area contributed by atoms with Gasteiger partial charge in [0, 0.05) is 49.7 Å². The SMILES string of the molecule is COc1ccccc1-c1cc(C(=O)Nc2cccc(N3CCN(CC4CC4)CC3)c2)c2c(C)noc2n1. The molecule has 6 rings (SSSR count). The van der Waals surface area contributed by atoms with E-state index in [1.807, 2.05) is 43.3 Å². The highest BCUT2D eigenvalue weighted by atomic mass is 16.5. The predicted octanol–water partition coefficient (Wildman–Crippen LogP) is 4.99. The summed E-state index contributed by atoms with van der Waals surface area (Å²) < 4.78 is 11.0. The van der Waals surface area contributed by atoms with Gasteiger partial charge in [-0.3, -0.25) is 9.69 Å². The third kappa shape index (κ3) is 4.89. The first-order valence-electron chi connectivity index (χ1n) is 12.9. The van der Waals surface area contributed by atoms with Gasteiger partial charge in [-0.15, -0.1) is 0 Å². The standard InChI is InChI=1S/C29H31N5O3/c1-19-27-24(17-25(31-29(27)37-32-19)23-8-3-4-9-26(23)36-2)28(35)30-21-6-5-7-22(16-21)34-14-12-33(13-15-34)18-20-10-11-20/h3-9,16-17,20H,10-15,18H2,1-2H3,(H,30,35). The highest BCUT2D eigenvalue weighted by molar-refractivity contribution is 6.13. The van der Waals surface area contributed by atoms with Crippen molar-refractivity contribution in [2.45, 2.75) is 19.8 Å². The van der Waals surface area contributed by atoms with Gasteiger partial charge in [-0.2, -0.15) is 0 Å². The summed E-state index contributed by atoms with van der Waals surface area (Å²) in [5.41, 5.74) is 4.65. The fourth-order valence-electron chi connectivity index (χ4n) is 5.10. The number of para-hydroxylation sites is 1. The number of anilines is 2. The van der Waals surface area contributed by atoms with E-state index in [-0.39, 0.29) is 5.91 Å². The first-order chi connectivity index (χ1) is 18.1. The molecule has 0 spiro atoms. The van der Waals surface area contributed by atoms with Crippen molar-refractivity contribution in [3.63, 3.8) is 0 Å². The molecule has 8 nitrogen and oxygen atoms in total. The van der Waals surface area contributed by atoms with Crippen molar-refractivity contribution >= 4 is 28.4 Å². The van der Waals surface area contributed by atoms with Crippen molar-refractivity contribution in [3.8, 4) is 17.0 Å². The summed E-state index contributed by atoms with van der Waals surface area (Å²) >= 11 is 0. The highest BCUT2D eigenvalue weighted by Crippen LogP contribution is 2.33. The number of methoxy groups -OCH3 is 1. The average Bonchev–Trinajstić information content (AvgIpc) is 3.68. The van der Waals surface area contributed by atoms with Gasteiger partial charge in [-0.25, -0.2) is 4.98 Å². The molecule has 2 aromatic heterocycles. The lowest BCUT2D eigenvalue weighted by Crippen LogP contribution is -2.47. The normalized spacial score (nSPS) is 16.2. The number of benzene rings is 2. The van der Waals surface area contributed by atoms with Gasteiger partial charge < -0.3 is 19.5 Å². The molecule has 1 saturated carbocycles. The van der Waals surface area contributed by atoms with Gasteiger partial charge in [0.15, 0.2) is 0 Å². The number of carbonyl (C=O) groups is 1. The molecular weight excluding hydrogens is 466 g/mol. The lowest BCUT2D eigenvalue weighted by molar-refractivity contribution is 0.102. The minimum Gasteiger partial charge on any atom is -0.496 e. The molecule has 8 heteroatoms. The van der Waals surface area contributed by atoms with Crippen LogP contribution in [0.3, 0.4) is 0 Å². The largest absolute Gasteiger partial charge is 0.496 e. The van der Waals surface area contributed by atoms with Crippen LogP contribution in [0.25, 0.3) is 22.4 Å². The Morgan fingerprint density at radius 3 is 2.68 bits per heavy atom. The second-order valence-electron chi connectivity index (χ2n) is 9.94. The van der Waals surface area contributed by atoms with E-state index in [0.717, 1.165) is 49.0 Å². The maximum Gasteiger partial charge on any atom is 0.259 e. The van der Waals surface area contributed by atoms with Crippen LogP contribution in [0.2, 0.25) is 0 Å². The number of hydrogen-bond donors (Lipinski definition) is 1. The van der Waals surface area contributed by atoms with Crippen LogP contribution >= 0.6 is 0 Å². The van der Waals surface area contributed by atoms with E-state index in [9.17, 15) is 4.79 Å². The van der Waals surface area contributed by atoms with Crippen LogP contribution in [0.5, 0.6) is 5.75 Å². The highest BCUT2D eigenvalue weighted by Gasteiger charge is 2.26. The second-order valence-corrected chi connectivity index (χ2v) is 9.94. The molecule has 1 aliphatic carbocycles. The maximum atomic E-state index is 13.6. The number of aryl methyl sites for hydroxylation is 1. The molecule has 1 amide bonds. The number of carbonyl (C=O) groups excluding carboxylic acids is 1. The van der Waals surface area contributed by atoms with E-state index in [4.69, 9.17) is 9.26 Å². The number of ether oxygens (including phenoxy) is 1. The molecule has 0 bridgehead atoms. The number of amides is 1. The third-order valence-corrected chi connectivity index (χ3v) is 7.30. The Morgan fingerprint density at radius 2 is 1.89 bits per heavy atom. The van der Waals surface area contributed by atoms with Gasteiger partial charge in [0.2, 0.25) is 0 Å². The van der Waals surface area contributed by atoms with Crippen LogP contribution in [0.4, 0.5) is 11.4 Å². The summed E-state index contributed by atoms with van der Waals surface area (Å²) in [5, 5.41) is 7.77. The molecule has 4 aromatic rings. The number of hydrogen-bond acceptors (Lipinski definition) is 7. The van der Waals surface area contributed by atoms with Crippen LogP contribution < -0.4 is 15.0 Å². The second kappa shape index (κ2) is 9.86. The van der Waals surface area contributed by atoms with Crippen molar-refractivity contribution in [2.24, 2.45) is 5.92 Å². The molecule has 1 aliphatic heterocycles. The van der Waals surface area contributed by atoms with Gasteiger partial charge in [-0.1, -0.05) is 23.4 Å². The van der Waals surface area contributed by atoms with Crippen molar-refractivity contribution in [2.75, 3.05) is 50.1 Å². The molecule has 2 aromatic carbocycles. The van der Waals surface area contributed by atoms with Gasteiger partial charge in [0.1, 0.15) is 5.75 Å². The van der Waals surface area contributed by atoms with Gasteiger partial charge in [0.05, 0.1) is 29.4 Å². The van der Waals surface area contributed by atoms with Gasteiger partial charge in [-0.05, 0) is 62.1 Å². The zero-order chi connectivity index (χ0) is 25.4. The Balaban J connectivity index is 1.25. The molecule has 0 radical (unpaired) electrons. The number of piperazine rings is 1. The fourth-order valence-corrected chi connectivity index (χ4v) is 5.10. The zero-order valence-corrected chi connectivity index (χ0v) is 21.2. The lowest BCUT2D eigenvalue weighted by Gasteiger charge is -2.36. The maximum absolute atomic E-state index is 13.6. The Labute approximate surface area is 216 Å². The fraction of sp³-hybridized carbons (Fsp3) is 0.345. The van der Waals surface area contributed by atoms with E-state index in [1.54, 1.807) is 13.2 Å². The summed E-state index contributed by atoms with van der Waals surface area (Å²) in [5.74, 6) is 1.35. The molecule has 190 valence electrons. The molecular formula is C29H31N5O3. The molecule has 0 atom stereocenters. The minimum absolute atomic E-state index is 0.235. The average molecular weight is 498 g/mol.